The quantitative estimate of drug-likeness (QED) is 0.822. The molecule has 2 saturated carbocycles. The van der Waals surface area contributed by atoms with Gasteiger partial charge in [0.25, 0.3) is 0 Å². The van der Waals surface area contributed by atoms with E-state index in [9.17, 15) is 0 Å². The summed E-state index contributed by atoms with van der Waals surface area (Å²) in [6.07, 6.45) is 5.99. The highest BCUT2D eigenvalue weighted by Crippen LogP contribution is 2.40. The first-order chi connectivity index (χ1) is 11.2. The highest BCUT2D eigenvalue weighted by atomic mass is 15.2. The van der Waals surface area contributed by atoms with Gasteiger partial charge in [-0.25, -0.2) is 4.98 Å². The van der Waals surface area contributed by atoms with Crippen LogP contribution in [0.4, 0.5) is 17.5 Å². The Balaban J connectivity index is 1.66. The topological polar surface area (TPSA) is 49.8 Å². The number of benzene rings is 1. The molecule has 0 unspecified atom stereocenters. The molecule has 4 heteroatoms. The number of nitrogens with one attached hydrogen (secondary N) is 2. The van der Waals surface area contributed by atoms with Crippen molar-refractivity contribution in [3.05, 3.63) is 41.1 Å². The number of rotatable bonds is 6. The Morgan fingerprint density at radius 2 is 1.96 bits per heavy atom. The van der Waals surface area contributed by atoms with Crippen LogP contribution in [0, 0.1) is 6.92 Å². The van der Waals surface area contributed by atoms with E-state index in [1.54, 1.807) is 0 Å². The van der Waals surface area contributed by atoms with Crippen LogP contribution in [0.1, 0.15) is 55.3 Å². The molecule has 0 saturated heterocycles. The summed E-state index contributed by atoms with van der Waals surface area (Å²) in [4.78, 5) is 9.42. The van der Waals surface area contributed by atoms with Gasteiger partial charge in [0.05, 0.1) is 5.69 Å². The van der Waals surface area contributed by atoms with Crippen molar-refractivity contribution in [2.24, 2.45) is 0 Å². The molecule has 120 valence electrons. The fraction of sp³-hybridized carbons (Fsp3) is 0.474. The minimum absolute atomic E-state index is 0.571. The first kappa shape index (κ1) is 14.5. The van der Waals surface area contributed by atoms with Gasteiger partial charge in [-0.1, -0.05) is 25.1 Å². The second kappa shape index (κ2) is 5.84. The normalized spacial score (nSPS) is 17.1. The Labute approximate surface area is 137 Å². The van der Waals surface area contributed by atoms with Crippen molar-refractivity contribution in [3.8, 4) is 0 Å². The van der Waals surface area contributed by atoms with Crippen molar-refractivity contribution in [2.45, 2.75) is 57.9 Å². The van der Waals surface area contributed by atoms with E-state index in [0.29, 0.717) is 12.0 Å². The van der Waals surface area contributed by atoms with Gasteiger partial charge in [0.1, 0.15) is 5.82 Å². The number of aromatic nitrogens is 2. The summed E-state index contributed by atoms with van der Waals surface area (Å²) in [7, 11) is 0. The van der Waals surface area contributed by atoms with Crippen molar-refractivity contribution in [2.75, 3.05) is 10.6 Å². The zero-order chi connectivity index (χ0) is 15.8. The van der Waals surface area contributed by atoms with Crippen LogP contribution in [-0.4, -0.2) is 16.0 Å². The van der Waals surface area contributed by atoms with E-state index in [0.717, 1.165) is 18.2 Å². The number of aryl methyl sites for hydroxylation is 2. The van der Waals surface area contributed by atoms with Gasteiger partial charge in [-0.15, -0.1) is 0 Å². The molecule has 2 N–H and O–H groups in total. The molecule has 0 spiro atoms. The van der Waals surface area contributed by atoms with Gasteiger partial charge in [-0.05, 0) is 50.2 Å². The van der Waals surface area contributed by atoms with Crippen LogP contribution >= 0.6 is 0 Å². The first-order valence-electron chi connectivity index (χ1n) is 8.74. The molecule has 0 atom stereocenters. The van der Waals surface area contributed by atoms with Crippen LogP contribution in [0.2, 0.25) is 0 Å². The lowest BCUT2D eigenvalue weighted by atomic mass is 10.1. The monoisotopic (exact) mass is 308 g/mol. The molecule has 2 fully saturated rings. The van der Waals surface area contributed by atoms with E-state index in [1.807, 2.05) is 0 Å². The summed E-state index contributed by atoms with van der Waals surface area (Å²) in [6, 6.07) is 9.15. The van der Waals surface area contributed by atoms with Crippen molar-refractivity contribution in [1.82, 2.24) is 9.97 Å². The van der Waals surface area contributed by atoms with Gasteiger partial charge in [0.15, 0.2) is 0 Å². The third kappa shape index (κ3) is 3.31. The lowest BCUT2D eigenvalue weighted by Crippen LogP contribution is -2.09. The van der Waals surface area contributed by atoms with E-state index in [2.05, 4.69) is 48.7 Å². The van der Waals surface area contributed by atoms with Crippen LogP contribution in [0.15, 0.2) is 24.3 Å². The SMILES string of the molecule is CCc1cccc(C)c1Nc1cc(C2CC2)nc(NC2CC2)n1. The van der Waals surface area contributed by atoms with E-state index in [-0.39, 0.29) is 0 Å². The van der Waals surface area contributed by atoms with Crippen molar-refractivity contribution < 1.29 is 0 Å². The maximum Gasteiger partial charge on any atom is 0.225 e. The highest BCUT2D eigenvalue weighted by Gasteiger charge is 2.28. The Morgan fingerprint density at radius 3 is 2.65 bits per heavy atom. The van der Waals surface area contributed by atoms with E-state index in [1.165, 1.54) is 48.2 Å². The summed E-state index contributed by atoms with van der Waals surface area (Å²) < 4.78 is 0. The molecule has 2 aromatic rings. The fourth-order valence-electron chi connectivity index (χ4n) is 2.92. The van der Waals surface area contributed by atoms with Crippen molar-refractivity contribution in [1.29, 1.82) is 0 Å². The summed E-state index contributed by atoms with van der Waals surface area (Å²) in [5.41, 5.74) is 4.95. The fourth-order valence-corrected chi connectivity index (χ4v) is 2.92. The lowest BCUT2D eigenvalue weighted by molar-refractivity contribution is 0.967. The largest absolute Gasteiger partial charge is 0.351 e. The second-order valence-corrected chi connectivity index (χ2v) is 6.78. The average molecular weight is 308 g/mol. The maximum atomic E-state index is 4.72. The predicted octanol–water partition coefficient (Wildman–Crippen LogP) is 4.54. The molecule has 4 rings (SSSR count). The molecule has 0 bridgehead atoms. The number of para-hydroxylation sites is 1. The molecular formula is C19H24N4. The van der Waals surface area contributed by atoms with Crippen molar-refractivity contribution >= 4 is 17.5 Å². The third-order valence-electron chi connectivity index (χ3n) is 4.65. The Morgan fingerprint density at radius 1 is 1.13 bits per heavy atom. The van der Waals surface area contributed by atoms with Crippen LogP contribution in [-0.2, 0) is 6.42 Å². The molecule has 2 aliphatic rings. The molecule has 1 aromatic heterocycles. The molecule has 1 aromatic carbocycles. The van der Waals surface area contributed by atoms with Gasteiger partial charge < -0.3 is 10.6 Å². The van der Waals surface area contributed by atoms with E-state index < -0.39 is 0 Å². The summed E-state index contributed by atoms with van der Waals surface area (Å²) in [5.74, 6) is 2.32. The van der Waals surface area contributed by atoms with Crippen LogP contribution in [0.5, 0.6) is 0 Å². The van der Waals surface area contributed by atoms with Gasteiger partial charge in [0, 0.05) is 23.7 Å². The standard InChI is InChI=1S/C19H24N4/c1-3-13-6-4-5-12(2)18(13)22-17-11-16(14-7-8-14)21-19(23-17)20-15-9-10-15/h4-6,11,14-15H,3,7-10H2,1-2H3,(H2,20,21,22,23). The molecule has 2 aliphatic carbocycles. The first-order valence-corrected chi connectivity index (χ1v) is 8.74. The molecule has 0 amide bonds. The Kier molecular flexibility index (Phi) is 3.68. The number of hydrogen-bond donors (Lipinski definition) is 2. The zero-order valence-electron chi connectivity index (χ0n) is 13.9. The molecule has 0 aliphatic heterocycles. The summed E-state index contributed by atoms with van der Waals surface area (Å²) >= 11 is 0. The third-order valence-corrected chi connectivity index (χ3v) is 4.65. The highest BCUT2D eigenvalue weighted by molar-refractivity contribution is 5.65. The number of hydrogen-bond acceptors (Lipinski definition) is 4. The van der Waals surface area contributed by atoms with Crippen molar-refractivity contribution in [3.63, 3.8) is 0 Å². The molecule has 23 heavy (non-hydrogen) atoms. The van der Waals surface area contributed by atoms with Crippen LogP contribution < -0.4 is 10.6 Å². The maximum absolute atomic E-state index is 4.72. The average Bonchev–Trinajstić information content (AvgIpc) is 3.43. The summed E-state index contributed by atoms with van der Waals surface area (Å²) in [5, 5.41) is 7.00. The molecule has 4 nitrogen and oxygen atoms in total. The predicted molar refractivity (Wildman–Crippen MR) is 94.5 cm³/mol. The second-order valence-electron chi connectivity index (χ2n) is 6.78. The van der Waals surface area contributed by atoms with E-state index >= 15 is 0 Å². The van der Waals surface area contributed by atoms with Gasteiger partial charge in [-0.3, -0.25) is 0 Å². The van der Waals surface area contributed by atoms with Gasteiger partial charge in [0.2, 0.25) is 5.95 Å². The number of nitrogens with zero attached hydrogens (tertiary/aromatic N) is 2. The molecule has 0 radical (unpaired) electrons. The Bertz CT molecular complexity index is 717. The number of anilines is 3. The molecule has 1 heterocycles. The minimum atomic E-state index is 0.571. The zero-order valence-corrected chi connectivity index (χ0v) is 13.9. The van der Waals surface area contributed by atoms with Gasteiger partial charge >= 0.3 is 0 Å². The van der Waals surface area contributed by atoms with Crippen LogP contribution in [0.25, 0.3) is 0 Å². The smallest absolute Gasteiger partial charge is 0.225 e. The van der Waals surface area contributed by atoms with Crippen LogP contribution in [0.3, 0.4) is 0 Å². The molecular weight excluding hydrogens is 284 g/mol. The van der Waals surface area contributed by atoms with E-state index in [4.69, 9.17) is 9.97 Å². The minimum Gasteiger partial charge on any atom is -0.351 e. The lowest BCUT2D eigenvalue weighted by Gasteiger charge is -2.15. The van der Waals surface area contributed by atoms with Gasteiger partial charge in [-0.2, -0.15) is 4.98 Å². The summed E-state index contributed by atoms with van der Waals surface area (Å²) in [6.45, 7) is 4.34. The Hall–Kier alpha value is -2.10.